The van der Waals surface area contributed by atoms with Crippen LogP contribution in [0.4, 0.5) is 11.5 Å². The topological polar surface area (TPSA) is 87.3 Å². The van der Waals surface area contributed by atoms with Gasteiger partial charge in [0.15, 0.2) is 0 Å². The van der Waals surface area contributed by atoms with Crippen molar-refractivity contribution in [2.24, 2.45) is 5.73 Å². The second-order valence-electron chi connectivity index (χ2n) is 8.42. The average molecular weight is 400 g/mol. The molecule has 2 atom stereocenters. The summed E-state index contributed by atoms with van der Waals surface area (Å²) in [5.74, 6) is 1.29. The van der Waals surface area contributed by atoms with Crippen LogP contribution >= 0.6 is 11.6 Å². The van der Waals surface area contributed by atoms with Crippen molar-refractivity contribution in [3.8, 4) is 0 Å². The Morgan fingerprint density at radius 1 is 1.32 bits per heavy atom. The Morgan fingerprint density at radius 3 is 2.86 bits per heavy atom. The van der Waals surface area contributed by atoms with Crippen LogP contribution in [-0.4, -0.2) is 34.7 Å². The molecule has 0 radical (unpaired) electrons. The standard InChI is InChI=1S/C21H26ClN5O/c1-12-8-16(28)19-17(12)20(26-11-25-19)27-6-4-21(5-7-27)10-24-15-3-2-14(22)13(9-23)18(15)21/h2-3,11-12,16,24,28H,4-10,23H2,1H3/t12-,16-/m1/s1. The molecule has 1 saturated heterocycles. The molecule has 2 aromatic rings. The second kappa shape index (κ2) is 6.58. The molecular formula is C21H26ClN5O. The summed E-state index contributed by atoms with van der Waals surface area (Å²) in [7, 11) is 0. The minimum atomic E-state index is -0.469. The predicted molar refractivity (Wildman–Crippen MR) is 111 cm³/mol. The number of aliphatic hydroxyl groups is 1. The lowest BCUT2D eigenvalue weighted by molar-refractivity contribution is 0.170. The number of nitrogens with one attached hydrogen (secondary N) is 1. The minimum Gasteiger partial charge on any atom is -0.387 e. The van der Waals surface area contributed by atoms with E-state index in [1.54, 1.807) is 6.33 Å². The highest BCUT2D eigenvalue weighted by atomic mass is 35.5. The highest BCUT2D eigenvalue weighted by Gasteiger charge is 2.44. The zero-order valence-electron chi connectivity index (χ0n) is 16.1. The van der Waals surface area contributed by atoms with Gasteiger partial charge in [-0.1, -0.05) is 18.5 Å². The summed E-state index contributed by atoms with van der Waals surface area (Å²) in [6, 6.07) is 4.03. The molecule has 0 saturated carbocycles. The Morgan fingerprint density at radius 2 is 2.11 bits per heavy atom. The van der Waals surface area contributed by atoms with Crippen LogP contribution in [0, 0.1) is 0 Å². The van der Waals surface area contributed by atoms with E-state index in [1.807, 2.05) is 6.07 Å². The Labute approximate surface area is 170 Å². The van der Waals surface area contributed by atoms with Gasteiger partial charge < -0.3 is 21.1 Å². The number of nitrogens with two attached hydrogens (primary N) is 1. The van der Waals surface area contributed by atoms with Crippen LogP contribution in [-0.2, 0) is 12.0 Å². The lowest BCUT2D eigenvalue weighted by atomic mass is 9.72. The Bertz CT molecular complexity index is 925. The third-order valence-electron chi connectivity index (χ3n) is 6.91. The number of rotatable bonds is 2. The first-order valence-corrected chi connectivity index (χ1v) is 10.5. The van der Waals surface area contributed by atoms with Gasteiger partial charge in [0.25, 0.3) is 0 Å². The van der Waals surface area contributed by atoms with E-state index in [1.165, 1.54) is 11.3 Å². The Kier molecular flexibility index (Phi) is 4.27. The van der Waals surface area contributed by atoms with Crippen LogP contribution in [0.15, 0.2) is 18.5 Å². The first-order chi connectivity index (χ1) is 13.5. The van der Waals surface area contributed by atoms with Crippen LogP contribution in [0.5, 0.6) is 0 Å². The lowest BCUT2D eigenvalue weighted by Crippen LogP contribution is -2.45. The molecule has 28 heavy (non-hydrogen) atoms. The van der Waals surface area contributed by atoms with E-state index < -0.39 is 6.10 Å². The fraction of sp³-hybridized carbons (Fsp3) is 0.524. The van der Waals surface area contributed by atoms with Gasteiger partial charge in [-0.25, -0.2) is 9.97 Å². The van der Waals surface area contributed by atoms with E-state index in [2.05, 4.69) is 33.2 Å². The molecule has 7 heteroatoms. The second-order valence-corrected chi connectivity index (χ2v) is 8.83. The summed E-state index contributed by atoms with van der Waals surface area (Å²) >= 11 is 6.47. The smallest absolute Gasteiger partial charge is 0.135 e. The Balaban J connectivity index is 1.45. The molecule has 1 spiro atoms. The molecule has 1 aromatic heterocycles. The minimum absolute atomic E-state index is 0.0762. The van der Waals surface area contributed by atoms with Gasteiger partial charge in [0.1, 0.15) is 12.1 Å². The summed E-state index contributed by atoms with van der Waals surface area (Å²) in [5, 5.41) is 14.6. The van der Waals surface area contributed by atoms with E-state index in [-0.39, 0.29) is 11.3 Å². The van der Waals surface area contributed by atoms with Crippen LogP contribution in [0.2, 0.25) is 5.02 Å². The molecule has 1 aromatic carbocycles. The number of halogens is 1. The largest absolute Gasteiger partial charge is 0.387 e. The fourth-order valence-corrected chi connectivity index (χ4v) is 5.69. The number of hydrogen-bond acceptors (Lipinski definition) is 6. The highest BCUT2D eigenvalue weighted by molar-refractivity contribution is 6.31. The number of benzene rings is 1. The van der Waals surface area contributed by atoms with Crippen LogP contribution in [0.1, 0.15) is 60.6 Å². The number of aliphatic hydroxyl groups excluding tert-OH is 1. The maximum Gasteiger partial charge on any atom is 0.135 e. The SMILES string of the molecule is C[C@@H]1C[C@@H](O)c2ncnc(N3CCC4(CC3)CNc3ccc(Cl)c(CN)c34)c21. The van der Waals surface area contributed by atoms with Gasteiger partial charge in [-0.05, 0) is 48.4 Å². The first-order valence-electron chi connectivity index (χ1n) is 10.1. The number of nitrogens with zero attached hydrogens (tertiary/aromatic N) is 3. The highest BCUT2D eigenvalue weighted by Crippen LogP contribution is 2.49. The number of piperidine rings is 1. The summed E-state index contributed by atoms with van der Waals surface area (Å²) in [5.41, 5.74) is 11.6. The molecule has 1 fully saturated rings. The van der Waals surface area contributed by atoms with Crippen molar-refractivity contribution in [2.75, 3.05) is 29.9 Å². The monoisotopic (exact) mass is 399 g/mol. The van der Waals surface area contributed by atoms with Crippen molar-refractivity contribution in [2.45, 2.75) is 50.2 Å². The molecule has 5 rings (SSSR count). The predicted octanol–water partition coefficient (Wildman–Crippen LogP) is 3.09. The third-order valence-corrected chi connectivity index (χ3v) is 7.26. The average Bonchev–Trinajstić information content (AvgIpc) is 3.20. The molecule has 0 unspecified atom stereocenters. The molecule has 3 aliphatic rings. The van der Waals surface area contributed by atoms with E-state index >= 15 is 0 Å². The van der Waals surface area contributed by atoms with Crippen LogP contribution in [0.3, 0.4) is 0 Å². The molecule has 6 nitrogen and oxygen atoms in total. The summed E-state index contributed by atoms with van der Waals surface area (Å²) in [4.78, 5) is 11.3. The summed E-state index contributed by atoms with van der Waals surface area (Å²) < 4.78 is 0. The summed E-state index contributed by atoms with van der Waals surface area (Å²) in [6.45, 7) is 5.39. The maximum absolute atomic E-state index is 10.3. The zero-order valence-corrected chi connectivity index (χ0v) is 16.8. The molecule has 3 heterocycles. The van der Waals surface area contributed by atoms with Crippen molar-refractivity contribution in [3.05, 3.63) is 45.9 Å². The van der Waals surface area contributed by atoms with E-state index in [0.717, 1.165) is 66.6 Å². The quantitative estimate of drug-likeness (QED) is 0.719. The van der Waals surface area contributed by atoms with Crippen molar-refractivity contribution in [1.82, 2.24) is 9.97 Å². The number of aromatic nitrogens is 2. The molecular weight excluding hydrogens is 374 g/mol. The number of fused-ring (bicyclic) bond motifs is 3. The van der Waals surface area contributed by atoms with Gasteiger partial charge in [-0.15, -0.1) is 0 Å². The molecule has 0 amide bonds. The van der Waals surface area contributed by atoms with Crippen molar-refractivity contribution in [1.29, 1.82) is 0 Å². The van der Waals surface area contributed by atoms with Gasteiger partial charge in [0.2, 0.25) is 0 Å². The van der Waals surface area contributed by atoms with Crippen LogP contribution in [0.25, 0.3) is 0 Å². The molecule has 148 valence electrons. The van der Waals surface area contributed by atoms with Gasteiger partial charge in [0, 0.05) is 47.9 Å². The molecule has 1 aliphatic carbocycles. The molecule has 4 N–H and O–H groups in total. The van der Waals surface area contributed by atoms with Gasteiger partial charge in [0.05, 0.1) is 11.8 Å². The molecule has 0 bridgehead atoms. The van der Waals surface area contributed by atoms with E-state index in [0.29, 0.717) is 6.54 Å². The normalized spacial score (nSPS) is 24.9. The van der Waals surface area contributed by atoms with E-state index in [9.17, 15) is 5.11 Å². The third kappa shape index (κ3) is 2.55. The lowest BCUT2D eigenvalue weighted by Gasteiger charge is -2.41. The fourth-order valence-electron chi connectivity index (χ4n) is 5.46. The maximum atomic E-state index is 10.3. The van der Waals surface area contributed by atoms with Crippen molar-refractivity contribution in [3.63, 3.8) is 0 Å². The van der Waals surface area contributed by atoms with Crippen molar-refractivity contribution >= 4 is 23.1 Å². The Hall–Kier alpha value is -1.89. The van der Waals surface area contributed by atoms with Crippen LogP contribution < -0.4 is 16.0 Å². The van der Waals surface area contributed by atoms with Gasteiger partial charge >= 0.3 is 0 Å². The zero-order chi connectivity index (χ0) is 19.5. The van der Waals surface area contributed by atoms with Crippen molar-refractivity contribution < 1.29 is 5.11 Å². The summed E-state index contributed by atoms with van der Waals surface area (Å²) in [6.07, 6.45) is 3.90. The van der Waals surface area contributed by atoms with Gasteiger partial charge in [-0.2, -0.15) is 0 Å². The number of hydrogen-bond donors (Lipinski definition) is 3. The first kappa shape index (κ1) is 18.2. The van der Waals surface area contributed by atoms with Gasteiger partial charge in [-0.3, -0.25) is 0 Å². The van der Waals surface area contributed by atoms with E-state index in [4.69, 9.17) is 17.3 Å². The molecule has 2 aliphatic heterocycles. The number of anilines is 2.